The van der Waals surface area contributed by atoms with E-state index in [-0.39, 0.29) is 42.7 Å². The standard InChI is InChI=1S/C42H54ClN7O10S2.C3H7NO3S/c1-8-23-19-42(23,38(53)49-62(55,56)60-25-13-14-25)48-36(51)30-17-26(20-50(30)37(52)35(41(4,5)6)47-40(54)59-24-11-9-10-12-24)58-32-18-28(29-21-61-39(46-29)44-22(2)3)45-34-27(32)15-16-31(57-7)33(34)43;4-8(5,6)7-3-1-2-3/h8,15-16,18,21-26,30,35H,1,9-14,17,19-20H2,2-7H3,(H,44,46)(H,47,54)(H,48,51)(H,49,53);3H,1-2H2,(H2,4,5,6)/t23-,26-,30+,35-,42-;/m1./s1. The number of benzene rings is 1. The number of carbonyl (C=O) groups is 4. The van der Waals surface area contributed by atoms with Gasteiger partial charge in [0.05, 0.1) is 37.1 Å². The monoisotopic (exact) mass is 1050 g/mol. The van der Waals surface area contributed by atoms with Gasteiger partial charge in [0, 0.05) is 35.2 Å². The fraction of sp³-hybridized carbons (Fsp3) is 0.600. The molecule has 6 N–H and O–H groups in total. The zero-order valence-electron chi connectivity index (χ0n) is 39.8. The SMILES string of the molecule is C=C[C@@H]1C[C@]1(NC(=O)[C@@H]1C[C@@H](Oc2cc(-c3csc(NC(C)C)n3)nc3c(Cl)c(OC)ccc23)CN1C(=O)[C@@H](NC(=O)OC1CCCC1)C(C)(C)C)C(=O)NS(=O)(=O)OC1CC1.NS(=O)(=O)OC1CC1. The molecule has 8 rings (SSSR count). The normalized spacial score (nSPS) is 22.9. The number of nitrogens with one attached hydrogen (secondary N) is 4. The van der Waals surface area contributed by atoms with Gasteiger partial charge in [0.1, 0.15) is 52.0 Å². The van der Waals surface area contributed by atoms with Gasteiger partial charge in [-0.25, -0.2) is 24.6 Å². The van der Waals surface area contributed by atoms with Crippen LogP contribution in [-0.2, 0) is 48.1 Å². The molecule has 4 saturated carbocycles. The molecule has 3 heterocycles. The number of pyridine rings is 1. The molecule has 0 spiro atoms. The van der Waals surface area contributed by atoms with Crippen LogP contribution in [0.15, 0.2) is 36.2 Å². The van der Waals surface area contributed by atoms with E-state index in [1.54, 1.807) is 39.0 Å². The average molecular weight is 1050 g/mol. The zero-order valence-corrected chi connectivity index (χ0v) is 43.0. The third-order valence-electron chi connectivity index (χ3n) is 12.2. The minimum absolute atomic E-state index is 0.0529. The molecule has 5 aliphatic rings. The minimum atomic E-state index is -4.47. The molecule has 5 atom stereocenters. The van der Waals surface area contributed by atoms with Gasteiger partial charge in [0.2, 0.25) is 11.8 Å². The summed E-state index contributed by atoms with van der Waals surface area (Å²) in [7, 11) is -6.63. The Balaban J connectivity index is 0.000000820. The first kappa shape index (κ1) is 53.0. The van der Waals surface area contributed by atoms with Crippen LogP contribution in [-0.4, -0.2) is 117 Å². The number of rotatable bonds is 18. The molecule has 0 bridgehead atoms. The summed E-state index contributed by atoms with van der Waals surface area (Å²) in [5.74, 6) is -2.18. The second kappa shape index (κ2) is 21.1. The molecule has 384 valence electrons. The number of amides is 4. The Hall–Kier alpha value is -4.85. The Morgan fingerprint density at radius 3 is 2.20 bits per heavy atom. The number of alkyl carbamates (subject to hydrolysis) is 1. The third kappa shape index (κ3) is 13.4. The van der Waals surface area contributed by atoms with E-state index in [1.807, 2.05) is 23.9 Å². The molecule has 3 aromatic rings. The molecule has 4 aliphatic carbocycles. The largest absolute Gasteiger partial charge is 0.495 e. The second-order valence-corrected chi connectivity index (χ2v) is 23.3. The van der Waals surface area contributed by atoms with Gasteiger partial charge in [-0.2, -0.15) is 16.8 Å². The fourth-order valence-corrected chi connectivity index (χ4v) is 11.0. The third-order valence-corrected chi connectivity index (χ3v) is 14.8. The summed E-state index contributed by atoms with van der Waals surface area (Å²) < 4.78 is 74.7. The van der Waals surface area contributed by atoms with Crippen molar-refractivity contribution in [3.05, 3.63) is 41.3 Å². The molecule has 21 nitrogen and oxygen atoms in total. The Bertz CT molecular complexity index is 2700. The molecule has 0 unspecified atom stereocenters. The summed E-state index contributed by atoms with van der Waals surface area (Å²) in [5.41, 5.74) is -1.15. The number of ether oxygens (including phenoxy) is 3. The Labute approximate surface area is 416 Å². The van der Waals surface area contributed by atoms with Crippen LogP contribution in [0.25, 0.3) is 22.3 Å². The maximum absolute atomic E-state index is 14.8. The van der Waals surface area contributed by atoms with E-state index < -0.39 is 85.6 Å². The maximum atomic E-state index is 14.8. The predicted octanol–water partition coefficient (Wildman–Crippen LogP) is 5.24. The van der Waals surface area contributed by atoms with E-state index in [1.165, 1.54) is 29.4 Å². The van der Waals surface area contributed by atoms with Crippen LogP contribution < -0.4 is 35.3 Å². The van der Waals surface area contributed by atoms with Crippen LogP contribution in [0.3, 0.4) is 0 Å². The van der Waals surface area contributed by atoms with Crippen LogP contribution in [0.1, 0.15) is 98.8 Å². The molecule has 70 heavy (non-hydrogen) atoms. The fourth-order valence-electron chi connectivity index (χ4n) is 8.24. The topological polar surface area (TPSA) is 286 Å². The van der Waals surface area contributed by atoms with Crippen molar-refractivity contribution in [3.8, 4) is 22.9 Å². The van der Waals surface area contributed by atoms with Crippen LogP contribution in [0.5, 0.6) is 11.5 Å². The highest BCUT2D eigenvalue weighted by Crippen LogP contribution is 2.46. The number of halogens is 1. The molecule has 1 aromatic carbocycles. The molecular weight excluding hydrogens is 992 g/mol. The lowest BCUT2D eigenvalue weighted by atomic mass is 9.85. The van der Waals surface area contributed by atoms with Crippen LogP contribution in [0, 0.1) is 11.3 Å². The van der Waals surface area contributed by atoms with E-state index >= 15 is 0 Å². The minimum Gasteiger partial charge on any atom is -0.495 e. The van der Waals surface area contributed by atoms with Gasteiger partial charge in [0.25, 0.3) is 5.91 Å². The van der Waals surface area contributed by atoms with Crippen LogP contribution >= 0.6 is 22.9 Å². The van der Waals surface area contributed by atoms with Gasteiger partial charge in [0.15, 0.2) is 5.13 Å². The van der Waals surface area contributed by atoms with Crippen molar-refractivity contribution in [1.82, 2.24) is 30.2 Å². The Morgan fingerprint density at radius 1 is 0.957 bits per heavy atom. The van der Waals surface area contributed by atoms with E-state index in [0.717, 1.165) is 38.5 Å². The first-order valence-corrected chi connectivity index (χ1v) is 27.3. The molecule has 25 heteroatoms. The van der Waals surface area contributed by atoms with Crippen molar-refractivity contribution in [2.45, 2.75) is 147 Å². The first-order chi connectivity index (χ1) is 32.9. The number of likely N-dealkylation sites (tertiary alicyclic amines) is 1. The second-order valence-electron chi connectivity index (χ2n) is 19.5. The van der Waals surface area contributed by atoms with Crippen molar-refractivity contribution < 1.29 is 58.6 Å². The van der Waals surface area contributed by atoms with Crippen molar-refractivity contribution >= 4 is 83.4 Å². The van der Waals surface area contributed by atoms with Gasteiger partial charge < -0.3 is 35.1 Å². The summed E-state index contributed by atoms with van der Waals surface area (Å²) >= 11 is 8.25. The number of anilines is 1. The Kier molecular flexibility index (Phi) is 16.0. The van der Waals surface area contributed by atoms with E-state index in [2.05, 4.69) is 31.9 Å². The number of carbonyl (C=O) groups excluding carboxylic acids is 4. The lowest BCUT2D eigenvalue weighted by molar-refractivity contribution is -0.143. The number of fused-ring (bicyclic) bond motifs is 1. The summed E-state index contributed by atoms with van der Waals surface area (Å²) in [4.78, 5) is 67.2. The van der Waals surface area contributed by atoms with Crippen LogP contribution in [0.4, 0.5) is 9.93 Å². The summed E-state index contributed by atoms with van der Waals surface area (Å²) in [6.07, 6.45) is 5.06. The number of nitrogens with two attached hydrogens (primary N) is 1. The Morgan fingerprint density at radius 2 is 1.63 bits per heavy atom. The number of methoxy groups -OCH3 is 1. The van der Waals surface area contributed by atoms with E-state index in [0.29, 0.717) is 51.8 Å². The zero-order chi connectivity index (χ0) is 50.9. The number of aromatic nitrogens is 2. The highest BCUT2D eigenvalue weighted by molar-refractivity contribution is 7.85. The van der Waals surface area contributed by atoms with Gasteiger partial charge in [-0.15, -0.1) is 17.9 Å². The van der Waals surface area contributed by atoms with Gasteiger partial charge in [-0.1, -0.05) is 38.4 Å². The molecule has 2 aromatic heterocycles. The summed E-state index contributed by atoms with van der Waals surface area (Å²) in [6.45, 7) is 13.0. The number of nitrogens with zero attached hydrogens (tertiary/aromatic N) is 3. The quantitative estimate of drug-likeness (QED) is 0.102. The average Bonchev–Trinajstić information content (AvgIpc) is 4.22. The maximum Gasteiger partial charge on any atom is 0.408 e. The van der Waals surface area contributed by atoms with Gasteiger partial charge in [-0.05, 0) is 89.2 Å². The summed E-state index contributed by atoms with van der Waals surface area (Å²) in [5, 5.41) is 16.7. The highest BCUT2D eigenvalue weighted by Gasteiger charge is 2.62. The van der Waals surface area contributed by atoms with Crippen molar-refractivity contribution in [2.24, 2.45) is 16.5 Å². The lowest BCUT2D eigenvalue weighted by Crippen LogP contribution is -2.60. The van der Waals surface area contributed by atoms with Gasteiger partial charge >= 0.3 is 26.7 Å². The number of thiazole rings is 1. The molecule has 1 aliphatic heterocycles. The van der Waals surface area contributed by atoms with Gasteiger partial charge in [-0.3, -0.25) is 22.7 Å². The summed E-state index contributed by atoms with van der Waals surface area (Å²) in [6, 6.07) is 2.92. The lowest BCUT2D eigenvalue weighted by Gasteiger charge is -2.35. The van der Waals surface area contributed by atoms with Crippen LogP contribution in [0.2, 0.25) is 5.02 Å². The first-order valence-electron chi connectivity index (χ1n) is 23.1. The smallest absolute Gasteiger partial charge is 0.408 e. The van der Waals surface area contributed by atoms with E-state index in [9.17, 15) is 36.0 Å². The molecule has 1 saturated heterocycles. The molecule has 4 amide bonds. The predicted molar refractivity (Wildman–Crippen MR) is 260 cm³/mol. The van der Waals surface area contributed by atoms with Crippen molar-refractivity contribution in [3.63, 3.8) is 0 Å². The van der Waals surface area contributed by atoms with Crippen molar-refractivity contribution in [2.75, 3.05) is 19.0 Å². The molecule has 0 radical (unpaired) electrons. The molecule has 5 fully saturated rings. The molecular formula is C45H61ClN8O13S3. The highest BCUT2D eigenvalue weighted by atomic mass is 35.5. The van der Waals surface area contributed by atoms with Crippen molar-refractivity contribution in [1.29, 1.82) is 0 Å². The number of hydrogen-bond acceptors (Lipinski definition) is 17. The number of hydrogen-bond donors (Lipinski definition) is 5. The van der Waals surface area contributed by atoms with E-state index in [4.69, 9.17) is 40.0 Å².